The van der Waals surface area contributed by atoms with Crippen LogP contribution in [0.15, 0.2) is 18.6 Å². The number of nitrogens with zero attached hydrogens (tertiary/aromatic N) is 4. The van der Waals surface area contributed by atoms with E-state index in [-0.39, 0.29) is 0 Å². The lowest BCUT2D eigenvalue weighted by Gasteiger charge is -2.34. The van der Waals surface area contributed by atoms with E-state index < -0.39 is 0 Å². The molecule has 108 valence electrons. The molecule has 20 heavy (non-hydrogen) atoms. The highest BCUT2D eigenvalue weighted by Crippen LogP contribution is 2.21. The van der Waals surface area contributed by atoms with Crippen LogP contribution < -0.4 is 4.90 Å². The summed E-state index contributed by atoms with van der Waals surface area (Å²) in [5.74, 6) is 0.983. The van der Waals surface area contributed by atoms with Crippen LogP contribution in [0.3, 0.4) is 0 Å². The SMILES string of the molecule is C[C@@H](CN(C)c1ncnc2[nH]ccc12)N1CCOCC1. The summed E-state index contributed by atoms with van der Waals surface area (Å²) in [6.07, 6.45) is 3.52. The maximum absolute atomic E-state index is 5.41. The van der Waals surface area contributed by atoms with E-state index in [1.807, 2.05) is 12.3 Å². The van der Waals surface area contributed by atoms with Crippen LogP contribution in [-0.4, -0.2) is 65.8 Å². The normalized spacial score (nSPS) is 18.3. The zero-order chi connectivity index (χ0) is 13.9. The van der Waals surface area contributed by atoms with Crippen molar-refractivity contribution in [1.82, 2.24) is 19.9 Å². The van der Waals surface area contributed by atoms with Gasteiger partial charge in [-0.2, -0.15) is 0 Å². The Labute approximate surface area is 118 Å². The highest BCUT2D eigenvalue weighted by atomic mass is 16.5. The molecule has 0 unspecified atom stereocenters. The fraction of sp³-hybridized carbons (Fsp3) is 0.571. The van der Waals surface area contributed by atoms with Crippen molar-refractivity contribution in [2.75, 3.05) is 44.8 Å². The first-order valence-corrected chi connectivity index (χ1v) is 7.06. The lowest BCUT2D eigenvalue weighted by atomic mass is 10.2. The fourth-order valence-corrected chi connectivity index (χ4v) is 2.78. The number of hydrogen-bond donors (Lipinski definition) is 1. The van der Waals surface area contributed by atoms with Gasteiger partial charge in [0.05, 0.1) is 18.6 Å². The van der Waals surface area contributed by atoms with Gasteiger partial charge in [0.2, 0.25) is 0 Å². The highest BCUT2D eigenvalue weighted by Gasteiger charge is 2.19. The number of hydrogen-bond acceptors (Lipinski definition) is 5. The summed E-state index contributed by atoms with van der Waals surface area (Å²) >= 11 is 0. The smallest absolute Gasteiger partial charge is 0.142 e. The average molecular weight is 275 g/mol. The van der Waals surface area contributed by atoms with Crippen molar-refractivity contribution in [2.45, 2.75) is 13.0 Å². The van der Waals surface area contributed by atoms with Gasteiger partial charge >= 0.3 is 0 Å². The minimum atomic E-state index is 0.479. The molecule has 0 amide bonds. The molecule has 1 aliphatic rings. The van der Waals surface area contributed by atoms with Crippen molar-refractivity contribution in [3.05, 3.63) is 18.6 Å². The molecule has 2 aromatic rings. The summed E-state index contributed by atoms with van der Waals surface area (Å²) in [5, 5.41) is 1.07. The molecule has 1 N–H and O–H groups in total. The number of nitrogens with one attached hydrogen (secondary N) is 1. The fourth-order valence-electron chi connectivity index (χ4n) is 2.78. The number of morpholine rings is 1. The number of H-pyrrole nitrogens is 1. The van der Waals surface area contributed by atoms with Crippen molar-refractivity contribution >= 4 is 16.9 Å². The number of aromatic amines is 1. The van der Waals surface area contributed by atoms with Crippen molar-refractivity contribution in [2.24, 2.45) is 0 Å². The summed E-state index contributed by atoms with van der Waals surface area (Å²) in [4.78, 5) is 16.5. The van der Waals surface area contributed by atoms with E-state index in [9.17, 15) is 0 Å². The minimum Gasteiger partial charge on any atom is -0.379 e. The highest BCUT2D eigenvalue weighted by molar-refractivity contribution is 5.87. The number of rotatable bonds is 4. The Hall–Kier alpha value is -1.66. The molecule has 6 heteroatoms. The second-order valence-electron chi connectivity index (χ2n) is 5.32. The van der Waals surface area contributed by atoms with E-state index >= 15 is 0 Å². The van der Waals surface area contributed by atoms with E-state index in [0.29, 0.717) is 6.04 Å². The van der Waals surface area contributed by atoms with Gasteiger partial charge in [0.15, 0.2) is 0 Å². The second kappa shape index (κ2) is 5.76. The van der Waals surface area contributed by atoms with Gasteiger partial charge in [0.1, 0.15) is 17.8 Å². The third-order valence-electron chi connectivity index (χ3n) is 3.90. The third kappa shape index (κ3) is 2.62. The maximum atomic E-state index is 5.41. The summed E-state index contributed by atoms with van der Waals surface area (Å²) in [6, 6.07) is 2.51. The molecule has 6 nitrogen and oxygen atoms in total. The molecule has 2 aromatic heterocycles. The van der Waals surface area contributed by atoms with Gasteiger partial charge in [-0.05, 0) is 13.0 Å². The Morgan fingerprint density at radius 3 is 3.00 bits per heavy atom. The van der Waals surface area contributed by atoms with Crippen LogP contribution in [0.25, 0.3) is 11.0 Å². The summed E-state index contributed by atoms with van der Waals surface area (Å²) in [6.45, 7) is 6.90. The molecule has 1 atom stereocenters. The largest absolute Gasteiger partial charge is 0.379 e. The number of ether oxygens (including phenoxy) is 1. The Morgan fingerprint density at radius 2 is 2.20 bits per heavy atom. The topological polar surface area (TPSA) is 57.3 Å². The number of aromatic nitrogens is 3. The van der Waals surface area contributed by atoms with Crippen LogP contribution in [0.4, 0.5) is 5.82 Å². The van der Waals surface area contributed by atoms with Crippen molar-refractivity contribution in [3.63, 3.8) is 0 Å². The summed E-state index contributed by atoms with van der Waals surface area (Å²) < 4.78 is 5.41. The van der Waals surface area contributed by atoms with Gasteiger partial charge in [0, 0.05) is 38.9 Å². The van der Waals surface area contributed by atoms with Gasteiger partial charge in [0.25, 0.3) is 0 Å². The van der Waals surface area contributed by atoms with Crippen LogP contribution in [0.1, 0.15) is 6.92 Å². The van der Waals surface area contributed by atoms with Gasteiger partial charge in [-0.25, -0.2) is 9.97 Å². The molecular weight excluding hydrogens is 254 g/mol. The van der Waals surface area contributed by atoms with E-state index in [2.05, 4.69) is 38.7 Å². The van der Waals surface area contributed by atoms with Crippen LogP contribution in [-0.2, 0) is 4.74 Å². The van der Waals surface area contributed by atoms with E-state index in [1.54, 1.807) is 6.33 Å². The number of fused-ring (bicyclic) bond motifs is 1. The first-order valence-electron chi connectivity index (χ1n) is 7.06. The van der Waals surface area contributed by atoms with Gasteiger partial charge in [-0.1, -0.05) is 0 Å². The lowest BCUT2D eigenvalue weighted by Crippen LogP contribution is -2.46. The van der Waals surface area contributed by atoms with Gasteiger partial charge in [-0.3, -0.25) is 4.90 Å². The Kier molecular flexibility index (Phi) is 3.84. The molecule has 0 bridgehead atoms. The van der Waals surface area contributed by atoms with Crippen molar-refractivity contribution in [1.29, 1.82) is 0 Å². The lowest BCUT2D eigenvalue weighted by molar-refractivity contribution is 0.0218. The Morgan fingerprint density at radius 1 is 1.40 bits per heavy atom. The quantitative estimate of drug-likeness (QED) is 0.906. The standard InChI is InChI=1S/C14H21N5O/c1-11(19-5-7-20-8-6-19)9-18(2)14-12-3-4-15-13(12)16-10-17-14/h3-4,10-11H,5-9H2,1-2H3,(H,15,16,17)/t11-/m0/s1. The first-order chi connectivity index (χ1) is 9.75. The van der Waals surface area contributed by atoms with E-state index in [0.717, 1.165) is 49.7 Å². The summed E-state index contributed by atoms with van der Waals surface area (Å²) in [5.41, 5.74) is 0.890. The molecule has 0 spiro atoms. The third-order valence-corrected chi connectivity index (χ3v) is 3.90. The molecular formula is C14H21N5O. The van der Waals surface area contributed by atoms with Gasteiger partial charge < -0.3 is 14.6 Å². The summed E-state index contributed by atoms with van der Waals surface area (Å²) in [7, 11) is 2.09. The Bertz CT molecular complexity index is 563. The molecule has 1 aliphatic heterocycles. The van der Waals surface area contributed by atoms with Crippen LogP contribution in [0.2, 0.25) is 0 Å². The van der Waals surface area contributed by atoms with Crippen molar-refractivity contribution < 1.29 is 4.74 Å². The monoisotopic (exact) mass is 275 g/mol. The molecule has 0 aliphatic carbocycles. The molecule has 1 fully saturated rings. The maximum Gasteiger partial charge on any atom is 0.142 e. The van der Waals surface area contributed by atoms with E-state index in [4.69, 9.17) is 4.74 Å². The molecule has 1 saturated heterocycles. The first kappa shape index (κ1) is 13.3. The van der Waals surface area contributed by atoms with Crippen molar-refractivity contribution in [3.8, 4) is 0 Å². The predicted molar refractivity (Wildman–Crippen MR) is 79.0 cm³/mol. The molecule has 0 aromatic carbocycles. The van der Waals surface area contributed by atoms with Crippen LogP contribution >= 0.6 is 0 Å². The van der Waals surface area contributed by atoms with E-state index in [1.165, 1.54) is 0 Å². The molecule has 0 saturated carbocycles. The van der Waals surface area contributed by atoms with Crippen LogP contribution in [0.5, 0.6) is 0 Å². The molecule has 0 radical (unpaired) electrons. The molecule has 3 heterocycles. The van der Waals surface area contributed by atoms with Crippen LogP contribution in [0, 0.1) is 0 Å². The number of likely N-dealkylation sites (N-methyl/N-ethyl adjacent to an activating group) is 1. The van der Waals surface area contributed by atoms with Gasteiger partial charge in [-0.15, -0.1) is 0 Å². The Balaban J connectivity index is 1.72. The predicted octanol–water partition coefficient (Wildman–Crippen LogP) is 1.11. The number of anilines is 1. The zero-order valence-electron chi connectivity index (χ0n) is 12.0. The minimum absolute atomic E-state index is 0.479. The second-order valence-corrected chi connectivity index (χ2v) is 5.32. The zero-order valence-corrected chi connectivity index (χ0v) is 12.0. The average Bonchev–Trinajstić information content (AvgIpc) is 2.96. The molecule has 3 rings (SSSR count).